The molecule has 0 aliphatic carbocycles. The predicted octanol–water partition coefficient (Wildman–Crippen LogP) is 2.05. The Labute approximate surface area is 101 Å². The average molecular weight is 231 g/mol. The number of aliphatic hydroxyl groups is 1. The van der Waals surface area contributed by atoms with Crippen molar-refractivity contribution in [2.24, 2.45) is 0 Å². The molecule has 0 fully saturated rings. The molecule has 90 valence electrons. The van der Waals surface area contributed by atoms with Crippen molar-refractivity contribution >= 4 is 5.95 Å². The topological polar surface area (TPSA) is 50.1 Å². The molecule has 0 amide bonds. The van der Waals surface area contributed by atoms with E-state index in [1.54, 1.807) is 6.20 Å². The number of aromatic nitrogens is 2. The van der Waals surface area contributed by atoms with E-state index in [2.05, 4.69) is 17.2 Å². The molecule has 1 aromatic heterocycles. The van der Waals surface area contributed by atoms with Gasteiger partial charge in [0.2, 0.25) is 5.95 Å². The van der Waals surface area contributed by atoms with Crippen molar-refractivity contribution in [1.29, 1.82) is 0 Å². The van der Waals surface area contributed by atoms with Crippen LogP contribution in [0.15, 0.2) is 42.7 Å². The first-order valence-corrected chi connectivity index (χ1v) is 5.78. The maximum absolute atomic E-state index is 9.44. The van der Waals surface area contributed by atoms with E-state index in [-0.39, 0.29) is 12.6 Å². The zero-order valence-electron chi connectivity index (χ0n) is 9.87. The molecule has 2 aromatic rings. The Balaban J connectivity index is 2.16. The highest BCUT2D eigenvalue weighted by Gasteiger charge is 2.11. The Morgan fingerprint density at radius 1 is 1.35 bits per heavy atom. The molecule has 0 aliphatic rings. The summed E-state index contributed by atoms with van der Waals surface area (Å²) < 4.78 is 2.01. The number of hydrogen-bond donors (Lipinski definition) is 2. The number of benzene rings is 1. The van der Waals surface area contributed by atoms with Crippen LogP contribution in [0.5, 0.6) is 0 Å². The third-order valence-electron chi connectivity index (χ3n) is 2.74. The first kappa shape index (κ1) is 11.7. The number of aryl methyl sites for hydroxylation is 1. The Bertz CT molecular complexity index is 453. The Morgan fingerprint density at radius 2 is 2.12 bits per heavy atom. The summed E-state index contributed by atoms with van der Waals surface area (Å²) in [5, 5.41) is 12.7. The van der Waals surface area contributed by atoms with E-state index >= 15 is 0 Å². The van der Waals surface area contributed by atoms with Gasteiger partial charge in [0.05, 0.1) is 12.6 Å². The molecule has 1 atom stereocenters. The maximum atomic E-state index is 9.44. The maximum Gasteiger partial charge on any atom is 0.203 e. The van der Waals surface area contributed by atoms with E-state index in [9.17, 15) is 5.11 Å². The van der Waals surface area contributed by atoms with Gasteiger partial charge < -0.3 is 15.0 Å². The lowest BCUT2D eigenvalue weighted by Crippen LogP contribution is -2.17. The number of aliphatic hydroxyl groups excluding tert-OH is 1. The fourth-order valence-electron chi connectivity index (χ4n) is 1.78. The van der Waals surface area contributed by atoms with Crippen LogP contribution in [0.3, 0.4) is 0 Å². The van der Waals surface area contributed by atoms with Gasteiger partial charge in [0.25, 0.3) is 0 Å². The largest absolute Gasteiger partial charge is 0.394 e. The van der Waals surface area contributed by atoms with Crippen LogP contribution < -0.4 is 5.32 Å². The molecule has 1 heterocycles. The Hall–Kier alpha value is -1.81. The van der Waals surface area contributed by atoms with Gasteiger partial charge in [-0.3, -0.25) is 0 Å². The molecule has 0 spiro atoms. The highest BCUT2D eigenvalue weighted by Crippen LogP contribution is 2.17. The number of anilines is 1. The van der Waals surface area contributed by atoms with Crippen molar-refractivity contribution in [2.45, 2.75) is 19.5 Å². The Morgan fingerprint density at radius 3 is 2.76 bits per heavy atom. The zero-order valence-corrected chi connectivity index (χ0v) is 9.87. The van der Waals surface area contributed by atoms with Crippen molar-refractivity contribution in [1.82, 2.24) is 9.55 Å². The van der Waals surface area contributed by atoms with Gasteiger partial charge in [-0.05, 0) is 12.5 Å². The molecule has 0 bridgehead atoms. The second-order valence-electron chi connectivity index (χ2n) is 3.83. The Kier molecular flexibility index (Phi) is 3.77. The van der Waals surface area contributed by atoms with Crippen LogP contribution in [-0.2, 0) is 6.54 Å². The van der Waals surface area contributed by atoms with Crippen LogP contribution in [0, 0.1) is 0 Å². The summed E-state index contributed by atoms with van der Waals surface area (Å²) in [5.74, 6) is 0.787. The summed E-state index contributed by atoms with van der Waals surface area (Å²) in [5.41, 5.74) is 1.06. The summed E-state index contributed by atoms with van der Waals surface area (Å²) in [6, 6.07) is 9.76. The fraction of sp³-hybridized carbons (Fsp3) is 0.308. The van der Waals surface area contributed by atoms with E-state index in [0.717, 1.165) is 18.1 Å². The van der Waals surface area contributed by atoms with Gasteiger partial charge in [0, 0.05) is 18.9 Å². The normalized spacial score (nSPS) is 12.4. The van der Waals surface area contributed by atoms with E-state index < -0.39 is 0 Å². The lowest BCUT2D eigenvalue weighted by molar-refractivity contribution is 0.275. The summed E-state index contributed by atoms with van der Waals surface area (Å²) in [4.78, 5) is 4.24. The lowest BCUT2D eigenvalue weighted by Gasteiger charge is -2.17. The van der Waals surface area contributed by atoms with Gasteiger partial charge in [0.15, 0.2) is 0 Å². The van der Waals surface area contributed by atoms with Crippen molar-refractivity contribution < 1.29 is 5.11 Å². The first-order chi connectivity index (χ1) is 8.35. The summed E-state index contributed by atoms with van der Waals surface area (Å²) in [6.07, 6.45) is 3.67. The number of nitrogens with one attached hydrogen (secondary N) is 1. The standard InChI is InChI=1S/C13H17N3O/c1-2-16-9-8-14-13(16)15-12(10-17)11-6-4-3-5-7-11/h3-9,12,17H,2,10H2,1H3,(H,14,15). The van der Waals surface area contributed by atoms with E-state index in [4.69, 9.17) is 0 Å². The smallest absolute Gasteiger partial charge is 0.203 e. The van der Waals surface area contributed by atoms with Gasteiger partial charge in [-0.25, -0.2) is 4.98 Å². The van der Waals surface area contributed by atoms with E-state index in [1.165, 1.54) is 0 Å². The number of rotatable bonds is 5. The summed E-state index contributed by atoms with van der Waals surface area (Å²) in [6.45, 7) is 2.96. The number of imidazole rings is 1. The second kappa shape index (κ2) is 5.50. The molecule has 0 saturated heterocycles. The molecule has 1 unspecified atom stereocenters. The van der Waals surface area contributed by atoms with Crippen LogP contribution in [-0.4, -0.2) is 21.3 Å². The van der Waals surface area contributed by atoms with Gasteiger partial charge in [-0.2, -0.15) is 0 Å². The predicted molar refractivity (Wildman–Crippen MR) is 67.8 cm³/mol. The molecular weight excluding hydrogens is 214 g/mol. The minimum Gasteiger partial charge on any atom is -0.394 e. The fourth-order valence-corrected chi connectivity index (χ4v) is 1.78. The third kappa shape index (κ3) is 2.65. The first-order valence-electron chi connectivity index (χ1n) is 5.78. The molecule has 4 heteroatoms. The lowest BCUT2D eigenvalue weighted by atomic mass is 10.1. The molecule has 4 nitrogen and oxygen atoms in total. The third-order valence-corrected chi connectivity index (χ3v) is 2.74. The monoisotopic (exact) mass is 231 g/mol. The van der Waals surface area contributed by atoms with E-state index in [0.29, 0.717) is 0 Å². The molecule has 17 heavy (non-hydrogen) atoms. The molecule has 0 saturated carbocycles. The second-order valence-corrected chi connectivity index (χ2v) is 3.83. The summed E-state index contributed by atoms with van der Waals surface area (Å²) >= 11 is 0. The molecule has 2 rings (SSSR count). The van der Waals surface area contributed by atoms with Gasteiger partial charge in [-0.15, -0.1) is 0 Å². The molecule has 2 N–H and O–H groups in total. The minimum atomic E-state index is -0.121. The van der Waals surface area contributed by atoms with Crippen LogP contribution in [0.1, 0.15) is 18.5 Å². The highest BCUT2D eigenvalue weighted by molar-refractivity contribution is 5.33. The molecular formula is C13H17N3O. The summed E-state index contributed by atoms with van der Waals surface area (Å²) in [7, 11) is 0. The molecule has 0 radical (unpaired) electrons. The van der Waals surface area contributed by atoms with E-state index in [1.807, 2.05) is 41.1 Å². The van der Waals surface area contributed by atoms with Crippen molar-refractivity contribution in [3.8, 4) is 0 Å². The van der Waals surface area contributed by atoms with Crippen LogP contribution >= 0.6 is 0 Å². The minimum absolute atomic E-state index is 0.0422. The van der Waals surface area contributed by atoms with Crippen molar-refractivity contribution in [3.63, 3.8) is 0 Å². The van der Waals surface area contributed by atoms with Gasteiger partial charge >= 0.3 is 0 Å². The van der Waals surface area contributed by atoms with Gasteiger partial charge in [-0.1, -0.05) is 30.3 Å². The quantitative estimate of drug-likeness (QED) is 0.828. The SMILES string of the molecule is CCn1ccnc1NC(CO)c1ccccc1. The van der Waals surface area contributed by atoms with Crippen molar-refractivity contribution in [3.05, 3.63) is 48.3 Å². The molecule has 1 aromatic carbocycles. The van der Waals surface area contributed by atoms with Crippen molar-refractivity contribution in [2.75, 3.05) is 11.9 Å². The number of hydrogen-bond acceptors (Lipinski definition) is 3. The van der Waals surface area contributed by atoms with Crippen LogP contribution in [0.2, 0.25) is 0 Å². The highest BCUT2D eigenvalue weighted by atomic mass is 16.3. The molecule has 0 aliphatic heterocycles. The van der Waals surface area contributed by atoms with Crippen LogP contribution in [0.25, 0.3) is 0 Å². The van der Waals surface area contributed by atoms with Crippen LogP contribution in [0.4, 0.5) is 5.95 Å². The average Bonchev–Trinajstić information content (AvgIpc) is 2.84. The van der Waals surface area contributed by atoms with Gasteiger partial charge in [0.1, 0.15) is 0 Å². The zero-order chi connectivity index (χ0) is 12.1. The number of nitrogens with zero attached hydrogens (tertiary/aromatic N) is 2.